The molecule has 0 spiro atoms. The Balaban J connectivity index is 2.00. The highest BCUT2D eigenvalue weighted by Crippen LogP contribution is 2.40. The SMILES string of the molecule is Cc1ccc2c(c1)CCCC2(CN)N1CCCCCC1. The third-order valence-electron chi connectivity index (χ3n) is 5.35. The fraction of sp³-hybridized carbons (Fsp3) is 0.667. The van der Waals surface area contributed by atoms with Crippen molar-refractivity contribution in [2.75, 3.05) is 19.6 Å². The van der Waals surface area contributed by atoms with Gasteiger partial charge in [-0.15, -0.1) is 0 Å². The van der Waals surface area contributed by atoms with Crippen LogP contribution < -0.4 is 5.73 Å². The average molecular weight is 272 g/mol. The molecule has 1 aliphatic heterocycles. The number of hydrogen-bond acceptors (Lipinski definition) is 2. The normalized spacial score (nSPS) is 27.9. The molecule has 1 aromatic carbocycles. The predicted molar refractivity (Wildman–Crippen MR) is 84.9 cm³/mol. The molecule has 0 radical (unpaired) electrons. The van der Waals surface area contributed by atoms with Gasteiger partial charge in [-0.3, -0.25) is 4.90 Å². The lowest BCUT2D eigenvalue weighted by molar-refractivity contribution is 0.0777. The summed E-state index contributed by atoms with van der Waals surface area (Å²) >= 11 is 0. The highest BCUT2D eigenvalue weighted by molar-refractivity contribution is 5.39. The number of aryl methyl sites for hydroxylation is 2. The Morgan fingerprint density at radius 1 is 1.10 bits per heavy atom. The molecule has 0 aromatic heterocycles. The monoisotopic (exact) mass is 272 g/mol. The molecule has 0 bridgehead atoms. The summed E-state index contributed by atoms with van der Waals surface area (Å²) in [5.74, 6) is 0. The minimum Gasteiger partial charge on any atom is -0.328 e. The van der Waals surface area contributed by atoms with E-state index < -0.39 is 0 Å². The summed E-state index contributed by atoms with van der Waals surface area (Å²) in [4.78, 5) is 2.72. The average Bonchev–Trinajstić information content (AvgIpc) is 2.75. The summed E-state index contributed by atoms with van der Waals surface area (Å²) < 4.78 is 0. The maximum atomic E-state index is 6.33. The first-order chi connectivity index (χ1) is 9.76. The molecule has 1 heterocycles. The van der Waals surface area contributed by atoms with Gasteiger partial charge in [-0.05, 0) is 63.2 Å². The number of benzene rings is 1. The van der Waals surface area contributed by atoms with E-state index in [1.54, 1.807) is 5.56 Å². The van der Waals surface area contributed by atoms with Crippen molar-refractivity contribution in [2.45, 2.75) is 57.4 Å². The molecule has 2 aliphatic rings. The van der Waals surface area contributed by atoms with Gasteiger partial charge in [-0.1, -0.05) is 36.6 Å². The van der Waals surface area contributed by atoms with E-state index in [-0.39, 0.29) is 5.54 Å². The first-order valence-electron chi connectivity index (χ1n) is 8.31. The van der Waals surface area contributed by atoms with Crippen LogP contribution in [0.3, 0.4) is 0 Å². The van der Waals surface area contributed by atoms with Gasteiger partial charge in [-0.25, -0.2) is 0 Å². The first kappa shape index (κ1) is 14.1. The number of nitrogens with two attached hydrogens (primary N) is 1. The van der Waals surface area contributed by atoms with Crippen molar-refractivity contribution in [2.24, 2.45) is 5.73 Å². The largest absolute Gasteiger partial charge is 0.328 e. The minimum absolute atomic E-state index is 0.117. The van der Waals surface area contributed by atoms with Crippen LogP contribution in [-0.4, -0.2) is 24.5 Å². The van der Waals surface area contributed by atoms with E-state index in [0.29, 0.717) is 0 Å². The molecule has 1 aromatic rings. The molecule has 3 rings (SSSR count). The topological polar surface area (TPSA) is 29.3 Å². The highest BCUT2D eigenvalue weighted by Gasteiger charge is 2.40. The van der Waals surface area contributed by atoms with Crippen LogP contribution >= 0.6 is 0 Å². The summed E-state index contributed by atoms with van der Waals surface area (Å²) in [6.07, 6.45) is 9.19. The zero-order valence-corrected chi connectivity index (χ0v) is 12.8. The summed E-state index contributed by atoms with van der Waals surface area (Å²) in [6.45, 7) is 5.42. The van der Waals surface area contributed by atoms with Gasteiger partial charge in [0, 0.05) is 6.54 Å². The molecule has 0 amide bonds. The zero-order chi connectivity index (χ0) is 14.0. The van der Waals surface area contributed by atoms with E-state index in [0.717, 1.165) is 6.54 Å². The Morgan fingerprint density at radius 3 is 2.55 bits per heavy atom. The molecule has 1 saturated heterocycles. The van der Waals surface area contributed by atoms with Gasteiger partial charge in [-0.2, -0.15) is 0 Å². The Labute approximate surface area is 123 Å². The van der Waals surface area contributed by atoms with Crippen molar-refractivity contribution in [1.29, 1.82) is 0 Å². The van der Waals surface area contributed by atoms with E-state index in [1.807, 2.05) is 0 Å². The number of fused-ring (bicyclic) bond motifs is 1. The Kier molecular flexibility index (Phi) is 4.13. The van der Waals surface area contributed by atoms with Gasteiger partial charge in [0.25, 0.3) is 0 Å². The Morgan fingerprint density at radius 2 is 1.85 bits per heavy atom. The maximum Gasteiger partial charge on any atom is 0.0586 e. The van der Waals surface area contributed by atoms with Crippen molar-refractivity contribution in [3.05, 3.63) is 34.9 Å². The van der Waals surface area contributed by atoms with Gasteiger partial charge in [0.1, 0.15) is 0 Å². The number of likely N-dealkylation sites (tertiary alicyclic amines) is 1. The lowest BCUT2D eigenvalue weighted by atomic mass is 9.74. The van der Waals surface area contributed by atoms with Gasteiger partial charge in [0.2, 0.25) is 0 Å². The van der Waals surface area contributed by atoms with Crippen LogP contribution in [0.2, 0.25) is 0 Å². The van der Waals surface area contributed by atoms with Crippen molar-refractivity contribution < 1.29 is 0 Å². The quantitative estimate of drug-likeness (QED) is 0.894. The fourth-order valence-electron chi connectivity index (χ4n) is 4.26. The van der Waals surface area contributed by atoms with Gasteiger partial charge >= 0.3 is 0 Å². The molecule has 2 nitrogen and oxygen atoms in total. The number of nitrogens with zero attached hydrogens (tertiary/aromatic N) is 1. The molecule has 20 heavy (non-hydrogen) atoms. The molecule has 1 atom stereocenters. The summed E-state index contributed by atoms with van der Waals surface area (Å²) in [7, 11) is 0. The Hall–Kier alpha value is -0.860. The van der Waals surface area contributed by atoms with Gasteiger partial charge in [0.05, 0.1) is 5.54 Å². The van der Waals surface area contributed by atoms with E-state index >= 15 is 0 Å². The van der Waals surface area contributed by atoms with Crippen LogP contribution in [0.1, 0.15) is 55.2 Å². The van der Waals surface area contributed by atoms with Crippen LogP contribution in [0.4, 0.5) is 0 Å². The zero-order valence-electron chi connectivity index (χ0n) is 12.8. The molecule has 1 aliphatic carbocycles. The molecule has 0 saturated carbocycles. The fourth-order valence-corrected chi connectivity index (χ4v) is 4.26. The maximum absolute atomic E-state index is 6.33. The van der Waals surface area contributed by atoms with Gasteiger partial charge in [0.15, 0.2) is 0 Å². The second kappa shape index (κ2) is 5.87. The van der Waals surface area contributed by atoms with Crippen molar-refractivity contribution in [3.63, 3.8) is 0 Å². The summed E-state index contributed by atoms with van der Waals surface area (Å²) in [5.41, 5.74) is 10.9. The second-order valence-electron chi connectivity index (χ2n) is 6.65. The molecule has 1 fully saturated rings. The smallest absolute Gasteiger partial charge is 0.0586 e. The highest BCUT2D eigenvalue weighted by atomic mass is 15.2. The first-order valence-corrected chi connectivity index (χ1v) is 8.31. The van der Waals surface area contributed by atoms with E-state index in [2.05, 4.69) is 30.0 Å². The number of hydrogen-bond donors (Lipinski definition) is 1. The van der Waals surface area contributed by atoms with Gasteiger partial charge < -0.3 is 5.73 Å². The van der Waals surface area contributed by atoms with Crippen molar-refractivity contribution in [1.82, 2.24) is 4.90 Å². The molecule has 110 valence electrons. The van der Waals surface area contributed by atoms with E-state index in [4.69, 9.17) is 5.73 Å². The summed E-state index contributed by atoms with van der Waals surface area (Å²) in [5, 5.41) is 0. The third kappa shape index (κ3) is 2.40. The Bertz CT molecular complexity index is 460. The molecule has 2 heteroatoms. The predicted octanol–water partition coefficient (Wildman–Crippen LogP) is 3.36. The van der Waals surface area contributed by atoms with Crippen LogP contribution in [-0.2, 0) is 12.0 Å². The summed E-state index contributed by atoms with van der Waals surface area (Å²) in [6, 6.07) is 7.02. The number of rotatable bonds is 2. The minimum atomic E-state index is 0.117. The van der Waals surface area contributed by atoms with E-state index in [9.17, 15) is 0 Å². The third-order valence-corrected chi connectivity index (χ3v) is 5.35. The lowest BCUT2D eigenvalue weighted by Gasteiger charge is -2.47. The van der Waals surface area contributed by atoms with Crippen molar-refractivity contribution >= 4 is 0 Å². The molecular formula is C18H28N2. The molecule has 1 unspecified atom stereocenters. The van der Waals surface area contributed by atoms with Crippen LogP contribution in [0.15, 0.2) is 18.2 Å². The molecular weight excluding hydrogens is 244 g/mol. The van der Waals surface area contributed by atoms with E-state index in [1.165, 1.54) is 69.2 Å². The van der Waals surface area contributed by atoms with Crippen LogP contribution in [0.5, 0.6) is 0 Å². The lowest BCUT2D eigenvalue weighted by Crippen LogP contribution is -2.53. The second-order valence-corrected chi connectivity index (χ2v) is 6.65. The standard InChI is InChI=1S/C18H28N2/c1-15-8-9-17-16(13-15)7-6-10-18(17,14-19)20-11-4-2-3-5-12-20/h8-9,13H,2-7,10-12,14,19H2,1H3. The van der Waals surface area contributed by atoms with Crippen LogP contribution in [0.25, 0.3) is 0 Å². The van der Waals surface area contributed by atoms with Crippen molar-refractivity contribution in [3.8, 4) is 0 Å². The molecule has 2 N–H and O–H groups in total. The van der Waals surface area contributed by atoms with Crippen LogP contribution in [0, 0.1) is 6.92 Å².